The van der Waals surface area contributed by atoms with Crippen molar-refractivity contribution in [1.82, 2.24) is 14.9 Å². The lowest BCUT2D eigenvalue weighted by atomic mass is 10.0. The molecule has 4 rings (SSSR count). The molecule has 0 unspecified atom stereocenters. The lowest BCUT2D eigenvalue weighted by Crippen LogP contribution is -2.46. The van der Waals surface area contributed by atoms with Gasteiger partial charge in [-0.15, -0.1) is 4.40 Å². The number of fused-ring (bicyclic) bond motifs is 1. The molecule has 2 aliphatic rings. The van der Waals surface area contributed by atoms with E-state index in [1.165, 1.54) is 0 Å². The summed E-state index contributed by atoms with van der Waals surface area (Å²) in [7, 11) is -1.65. The lowest BCUT2D eigenvalue weighted by Gasteiger charge is -2.37. The van der Waals surface area contributed by atoms with Crippen molar-refractivity contribution in [1.29, 1.82) is 0 Å². The molecule has 0 atom stereocenters. The van der Waals surface area contributed by atoms with Crippen LogP contribution in [0.25, 0.3) is 0 Å². The molecule has 0 amide bonds. The highest BCUT2D eigenvalue weighted by atomic mass is 32.2. The normalized spacial score (nSPS) is 19.2. The second-order valence-electron chi connectivity index (χ2n) is 6.78. The minimum absolute atomic E-state index is 0.233. The first-order valence-corrected chi connectivity index (χ1v) is 10.1. The molecule has 1 aromatic carbocycles. The molecule has 2 aliphatic heterocycles. The summed E-state index contributed by atoms with van der Waals surface area (Å²) in [5.74, 6) is 1.30. The van der Waals surface area contributed by atoms with Crippen LogP contribution >= 0.6 is 0 Å². The fourth-order valence-electron chi connectivity index (χ4n) is 3.52. The zero-order chi connectivity index (χ0) is 18.3. The Bertz CT molecular complexity index is 948. The second-order valence-corrected chi connectivity index (χ2v) is 8.35. The van der Waals surface area contributed by atoms with Crippen molar-refractivity contribution in [2.75, 3.05) is 25.0 Å². The molecule has 1 saturated heterocycles. The Morgan fingerprint density at radius 2 is 1.77 bits per heavy atom. The highest BCUT2D eigenvalue weighted by molar-refractivity contribution is 7.90. The van der Waals surface area contributed by atoms with Gasteiger partial charge in [0.2, 0.25) is 5.95 Å². The van der Waals surface area contributed by atoms with Gasteiger partial charge in [-0.1, -0.05) is 12.1 Å². The van der Waals surface area contributed by atoms with E-state index >= 15 is 0 Å². The summed E-state index contributed by atoms with van der Waals surface area (Å²) in [4.78, 5) is 13.3. The van der Waals surface area contributed by atoms with Crippen LogP contribution in [0.3, 0.4) is 0 Å². The van der Waals surface area contributed by atoms with Crippen LogP contribution in [0.15, 0.2) is 46.0 Å². The summed E-state index contributed by atoms with van der Waals surface area (Å²) >= 11 is 0. The number of piperidine rings is 1. The SMILES string of the molecule is Cc1cnc(N2CCC(N(C)C3=NS(=O)(=O)c4ccccc43)CC2)nc1. The number of aromatic nitrogens is 2. The van der Waals surface area contributed by atoms with Gasteiger partial charge in [0, 0.05) is 44.1 Å². The molecule has 0 radical (unpaired) electrons. The third-order valence-electron chi connectivity index (χ3n) is 5.01. The molecule has 0 N–H and O–H groups in total. The molecular weight excluding hydrogens is 350 g/mol. The van der Waals surface area contributed by atoms with Crippen molar-refractivity contribution in [3.8, 4) is 0 Å². The van der Waals surface area contributed by atoms with Gasteiger partial charge in [0.05, 0.1) is 0 Å². The molecule has 1 aromatic heterocycles. The van der Waals surface area contributed by atoms with Crippen molar-refractivity contribution in [2.24, 2.45) is 4.40 Å². The summed E-state index contributed by atoms with van der Waals surface area (Å²) in [6.07, 6.45) is 5.45. The van der Waals surface area contributed by atoms with Crippen LogP contribution in [-0.2, 0) is 10.0 Å². The van der Waals surface area contributed by atoms with Crippen LogP contribution in [0.2, 0.25) is 0 Å². The molecule has 3 heterocycles. The van der Waals surface area contributed by atoms with Gasteiger partial charge in [-0.25, -0.2) is 9.97 Å². The first-order chi connectivity index (χ1) is 12.5. The van der Waals surface area contributed by atoms with E-state index in [0.29, 0.717) is 16.3 Å². The molecule has 136 valence electrons. The van der Waals surface area contributed by atoms with Crippen LogP contribution in [0.1, 0.15) is 24.0 Å². The van der Waals surface area contributed by atoms with Gasteiger partial charge in [0.25, 0.3) is 10.0 Å². The number of amidine groups is 1. The monoisotopic (exact) mass is 371 g/mol. The Hall–Kier alpha value is -2.48. The molecule has 7 nitrogen and oxygen atoms in total. The number of sulfonamides is 1. The van der Waals surface area contributed by atoms with Gasteiger partial charge < -0.3 is 9.80 Å². The largest absolute Gasteiger partial charge is 0.355 e. The average Bonchev–Trinajstić information content (AvgIpc) is 2.94. The average molecular weight is 371 g/mol. The van der Waals surface area contributed by atoms with Crippen molar-refractivity contribution >= 4 is 21.8 Å². The maximum absolute atomic E-state index is 12.3. The number of aryl methyl sites for hydroxylation is 1. The molecule has 0 bridgehead atoms. The van der Waals surface area contributed by atoms with Gasteiger partial charge in [-0.05, 0) is 37.5 Å². The summed E-state index contributed by atoms with van der Waals surface area (Å²) in [5.41, 5.74) is 1.74. The predicted octanol–water partition coefficient (Wildman–Crippen LogP) is 1.83. The quantitative estimate of drug-likeness (QED) is 0.801. The fraction of sp³-hybridized carbons (Fsp3) is 0.389. The summed E-state index contributed by atoms with van der Waals surface area (Å²) in [6.45, 7) is 3.64. The number of hydrogen-bond acceptors (Lipinski definition) is 6. The van der Waals surface area contributed by atoms with Crippen LogP contribution in [0.5, 0.6) is 0 Å². The summed E-state index contributed by atoms with van der Waals surface area (Å²) in [5, 5.41) is 0. The maximum atomic E-state index is 12.3. The van der Waals surface area contributed by atoms with E-state index in [1.807, 2.05) is 43.4 Å². The van der Waals surface area contributed by atoms with Crippen LogP contribution < -0.4 is 4.90 Å². The Kier molecular flexibility index (Phi) is 4.14. The lowest BCUT2D eigenvalue weighted by molar-refractivity contribution is 0.305. The van der Waals surface area contributed by atoms with Crippen molar-refractivity contribution in [2.45, 2.75) is 30.7 Å². The van der Waals surface area contributed by atoms with E-state index in [9.17, 15) is 8.42 Å². The summed E-state index contributed by atoms with van der Waals surface area (Å²) < 4.78 is 28.6. The predicted molar refractivity (Wildman–Crippen MR) is 99.9 cm³/mol. The number of hydrogen-bond donors (Lipinski definition) is 0. The molecule has 0 saturated carbocycles. The highest BCUT2D eigenvalue weighted by Crippen LogP contribution is 2.29. The Morgan fingerprint density at radius 3 is 2.46 bits per heavy atom. The first-order valence-electron chi connectivity index (χ1n) is 8.66. The Morgan fingerprint density at radius 1 is 1.12 bits per heavy atom. The summed E-state index contributed by atoms with van der Waals surface area (Å²) in [6, 6.07) is 7.25. The third kappa shape index (κ3) is 2.94. The maximum Gasteiger partial charge on any atom is 0.285 e. The van der Waals surface area contributed by atoms with E-state index in [-0.39, 0.29) is 6.04 Å². The van der Waals surface area contributed by atoms with Crippen molar-refractivity contribution in [3.63, 3.8) is 0 Å². The van der Waals surface area contributed by atoms with Crippen LogP contribution in [-0.4, -0.2) is 55.3 Å². The van der Waals surface area contributed by atoms with Crippen LogP contribution in [0.4, 0.5) is 5.95 Å². The van der Waals surface area contributed by atoms with E-state index in [2.05, 4.69) is 19.3 Å². The first kappa shape index (κ1) is 17.0. The van der Waals surface area contributed by atoms with Gasteiger partial charge in [0.15, 0.2) is 5.84 Å². The smallest absolute Gasteiger partial charge is 0.285 e. The van der Waals surface area contributed by atoms with Gasteiger partial charge >= 0.3 is 0 Å². The minimum atomic E-state index is -3.58. The number of benzene rings is 1. The molecule has 1 fully saturated rings. The van der Waals surface area contributed by atoms with E-state index in [0.717, 1.165) is 37.4 Å². The number of anilines is 1. The van der Waals surface area contributed by atoms with Crippen molar-refractivity contribution in [3.05, 3.63) is 47.8 Å². The van der Waals surface area contributed by atoms with Gasteiger partial charge in [0.1, 0.15) is 4.90 Å². The minimum Gasteiger partial charge on any atom is -0.355 e. The zero-order valence-electron chi connectivity index (χ0n) is 14.8. The van der Waals surface area contributed by atoms with E-state index < -0.39 is 10.0 Å². The Labute approximate surface area is 153 Å². The molecule has 0 spiro atoms. The fourth-order valence-corrected chi connectivity index (χ4v) is 4.76. The molecular formula is C18H21N5O2S. The Balaban J connectivity index is 1.49. The van der Waals surface area contributed by atoms with Crippen LogP contribution in [0, 0.1) is 6.92 Å². The zero-order valence-corrected chi connectivity index (χ0v) is 15.6. The molecule has 0 aliphatic carbocycles. The molecule has 26 heavy (non-hydrogen) atoms. The molecule has 8 heteroatoms. The van der Waals surface area contributed by atoms with E-state index in [4.69, 9.17) is 0 Å². The molecule has 2 aromatic rings. The standard InChI is InChI=1S/C18H21N5O2S/c1-13-11-19-18(20-12-13)23-9-7-14(8-10-23)22(2)17-15-5-3-4-6-16(15)26(24,25)21-17/h3-6,11-12,14H,7-10H2,1-2H3. The second kappa shape index (κ2) is 6.35. The van der Waals surface area contributed by atoms with E-state index in [1.54, 1.807) is 12.1 Å². The van der Waals surface area contributed by atoms with Gasteiger partial charge in [-0.3, -0.25) is 0 Å². The third-order valence-corrected chi connectivity index (χ3v) is 6.33. The van der Waals surface area contributed by atoms with Gasteiger partial charge in [-0.2, -0.15) is 8.42 Å². The number of rotatable bonds is 2. The highest BCUT2D eigenvalue weighted by Gasteiger charge is 2.34. The topological polar surface area (TPSA) is 78.8 Å². The van der Waals surface area contributed by atoms with Crippen molar-refractivity contribution < 1.29 is 8.42 Å². The number of nitrogens with zero attached hydrogens (tertiary/aromatic N) is 5.